The van der Waals surface area contributed by atoms with Crippen LogP contribution < -0.4 is 0 Å². The Morgan fingerprint density at radius 1 is 0.632 bits per heavy atom. The molecular weight excluding hydrogens is 480 g/mol. The third kappa shape index (κ3) is 21.1. The Bertz CT molecular complexity index is 627. The van der Waals surface area contributed by atoms with E-state index >= 15 is 0 Å². The molecule has 0 aromatic rings. The normalized spacial score (nSPS) is 12.8. The number of unbranched alkanes of at least 4 members (excludes halogenated alkanes) is 9. The second kappa shape index (κ2) is 24.2. The molecule has 0 aliphatic carbocycles. The smallest absolute Gasteiger partial charge is 0.347 e. The van der Waals surface area contributed by atoms with E-state index < -0.39 is 18.0 Å². The summed E-state index contributed by atoms with van der Waals surface area (Å²) in [4.78, 5) is 36.9. The molecule has 0 saturated carbocycles. The van der Waals surface area contributed by atoms with Crippen LogP contribution in [0.25, 0.3) is 0 Å². The molecule has 38 heavy (non-hydrogen) atoms. The van der Waals surface area contributed by atoms with E-state index in [9.17, 15) is 14.4 Å². The van der Waals surface area contributed by atoms with E-state index in [1.165, 1.54) is 44.9 Å². The Labute approximate surface area is 233 Å². The monoisotopic (exact) mass is 538 g/mol. The van der Waals surface area contributed by atoms with Crippen LogP contribution in [0.5, 0.6) is 0 Å². The molecule has 0 aliphatic rings. The van der Waals surface area contributed by atoms with E-state index in [-0.39, 0.29) is 18.3 Å². The number of ether oxygens (including phenoxy) is 3. The highest BCUT2D eigenvalue weighted by Gasteiger charge is 2.27. The molecule has 0 aromatic heterocycles. The standard InChI is InChI=1S/C32H58O6/c1-7-28(31(34)36-24-18-14-12-10-9-11-13-16-20-26(3)4)22-23-29(38-30(33)8-2)32(35)37-25-19-15-17-21-27(5)6/h8,26-29H,2,7,9-25H2,1,3-6H3. The minimum atomic E-state index is -1.04. The second-order valence-electron chi connectivity index (χ2n) is 11.4. The van der Waals surface area contributed by atoms with Crippen molar-refractivity contribution in [2.24, 2.45) is 17.8 Å². The van der Waals surface area contributed by atoms with Gasteiger partial charge in [-0.2, -0.15) is 0 Å². The summed E-state index contributed by atoms with van der Waals surface area (Å²) in [7, 11) is 0. The quantitative estimate of drug-likeness (QED) is 0.0503. The maximum absolute atomic E-state index is 12.6. The number of esters is 3. The molecule has 0 aromatic carbocycles. The van der Waals surface area contributed by atoms with Gasteiger partial charge in [0.2, 0.25) is 0 Å². The van der Waals surface area contributed by atoms with E-state index in [1.54, 1.807) is 0 Å². The average Bonchev–Trinajstić information content (AvgIpc) is 2.88. The minimum absolute atomic E-state index is 0.219. The van der Waals surface area contributed by atoms with E-state index in [1.807, 2.05) is 6.92 Å². The molecule has 0 spiro atoms. The lowest BCUT2D eigenvalue weighted by Crippen LogP contribution is -2.30. The van der Waals surface area contributed by atoms with Crippen molar-refractivity contribution >= 4 is 17.9 Å². The van der Waals surface area contributed by atoms with Crippen LogP contribution in [0.4, 0.5) is 0 Å². The summed E-state index contributed by atoms with van der Waals surface area (Å²) in [5, 5.41) is 0. The lowest BCUT2D eigenvalue weighted by molar-refractivity contribution is -0.166. The number of hydrogen-bond acceptors (Lipinski definition) is 6. The molecule has 0 saturated heterocycles. The van der Waals surface area contributed by atoms with Gasteiger partial charge in [-0.25, -0.2) is 9.59 Å². The van der Waals surface area contributed by atoms with E-state index in [0.29, 0.717) is 32.0 Å². The van der Waals surface area contributed by atoms with Gasteiger partial charge in [0.05, 0.1) is 19.1 Å². The minimum Gasteiger partial charge on any atom is -0.465 e. The zero-order chi connectivity index (χ0) is 28.6. The van der Waals surface area contributed by atoms with Crippen LogP contribution in [0.3, 0.4) is 0 Å². The topological polar surface area (TPSA) is 78.9 Å². The molecule has 6 nitrogen and oxygen atoms in total. The Kier molecular flexibility index (Phi) is 23.0. The maximum atomic E-state index is 12.6. The summed E-state index contributed by atoms with van der Waals surface area (Å²) in [6, 6.07) is 0. The van der Waals surface area contributed by atoms with Crippen LogP contribution >= 0.6 is 0 Å². The largest absolute Gasteiger partial charge is 0.465 e. The first-order valence-corrected chi connectivity index (χ1v) is 15.4. The van der Waals surface area contributed by atoms with Crippen molar-refractivity contribution in [1.82, 2.24) is 0 Å². The molecule has 6 heteroatoms. The average molecular weight is 539 g/mol. The van der Waals surface area contributed by atoms with Crippen LogP contribution in [0.1, 0.15) is 137 Å². The fourth-order valence-corrected chi connectivity index (χ4v) is 4.36. The third-order valence-corrected chi connectivity index (χ3v) is 6.88. The number of carbonyl (C=O) groups is 3. The summed E-state index contributed by atoms with van der Waals surface area (Å²) < 4.78 is 16.1. The maximum Gasteiger partial charge on any atom is 0.347 e. The number of rotatable bonds is 25. The molecule has 2 atom stereocenters. The Morgan fingerprint density at radius 2 is 1.08 bits per heavy atom. The summed E-state index contributed by atoms with van der Waals surface area (Å²) in [5.74, 6) is -0.351. The van der Waals surface area contributed by atoms with Crippen molar-refractivity contribution in [2.45, 2.75) is 143 Å². The lowest BCUT2D eigenvalue weighted by atomic mass is 9.98. The molecule has 0 radical (unpaired) electrons. The van der Waals surface area contributed by atoms with Crippen LogP contribution in [0.2, 0.25) is 0 Å². The Morgan fingerprint density at radius 3 is 1.55 bits per heavy atom. The van der Waals surface area contributed by atoms with Crippen molar-refractivity contribution in [2.75, 3.05) is 13.2 Å². The molecule has 2 unspecified atom stereocenters. The molecule has 0 rings (SSSR count). The van der Waals surface area contributed by atoms with Gasteiger partial charge < -0.3 is 14.2 Å². The fourth-order valence-electron chi connectivity index (χ4n) is 4.36. The lowest BCUT2D eigenvalue weighted by Gasteiger charge is -2.19. The highest BCUT2D eigenvalue weighted by atomic mass is 16.6. The number of carbonyl (C=O) groups excluding carboxylic acids is 3. The van der Waals surface area contributed by atoms with Crippen LogP contribution in [0, 0.1) is 17.8 Å². The van der Waals surface area contributed by atoms with Gasteiger partial charge in [0.25, 0.3) is 0 Å². The van der Waals surface area contributed by atoms with E-state index in [0.717, 1.165) is 50.5 Å². The first-order valence-electron chi connectivity index (χ1n) is 15.4. The summed E-state index contributed by atoms with van der Waals surface area (Å²) in [5.41, 5.74) is 0. The van der Waals surface area contributed by atoms with Gasteiger partial charge in [-0.05, 0) is 43.9 Å². The Hall–Kier alpha value is -1.85. The molecular formula is C32H58O6. The fraction of sp³-hybridized carbons (Fsp3) is 0.844. The molecule has 0 N–H and O–H groups in total. The van der Waals surface area contributed by atoms with Gasteiger partial charge in [-0.1, -0.05) is 112 Å². The van der Waals surface area contributed by atoms with Crippen molar-refractivity contribution < 1.29 is 28.6 Å². The highest BCUT2D eigenvalue weighted by Crippen LogP contribution is 2.18. The zero-order valence-corrected chi connectivity index (χ0v) is 25.3. The SMILES string of the molecule is C=CC(=O)OC(CCC(CC)C(=O)OCCCCCCCCCCC(C)C)C(=O)OCCCCCC(C)C. The van der Waals surface area contributed by atoms with Gasteiger partial charge >= 0.3 is 17.9 Å². The van der Waals surface area contributed by atoms with Crippen LogP contribution in [-0.4, -0.2) is 37.2 Å². The van der Waals surface area contributed by atoms with Gasteiger partial charge in [-0.15, -0.1) is 0 Å². The molecule has 0 fully saturated rings. The number of hydrogen-bond donors (Lipinski definition) is 0. The summed E-state index contributed by atoms with van der Waals surface area (Å²) in [6.07, 6.45) is 16.2. The van der Waals surface area contributed by atoms with Crippen LogP contribution in [0.15, 0.2) is 12.7 Å². The summed E-state index contributed by atoms with van der Waals surface area (Å²) >= 11 is 0. The van der Waals surface area contributed by atoms with E-state index in [4.69, 9.17) is 14.2 Å². The summed E-state index contributed by atoms with van der Waals surface area (Å²) in [6.45, 7) is 15.0. The Balaban J connectivity index is 4.26. The molecule has 0 amide bonds. The van der Waals surface area contributed by atoms with Crippen LogP contribution in [-0.2, 0) is 28.6 Å². The molecule has 0 heterocycles. The molecule has 0 bridgehead atoms. The first kappa shape index (κ1) is 36.1. The zero-order valence-electron chi connectivity index (χ0n) is 25.3. The van der Waals surface area contributed by atoms with Crippen molar-refractivity contribution in [3.63, 3.8) is 0 Å². The van der Waals surface area contributed by atoms with Gasteiger partial charge in [-0.3, -0.25) is 4.79 Å². The highest BCUT2D eigenvalue weighted by molar-refractivity contribution is 5.85. The molecule has 222 valence electrons. The predicted molar refractivity (Wildman–Crippen MR) is 155 cm³/mol. The third-order valence-electron chi connectivity index (χ3n) is 6.88. The first-order chi connectivity index (χ1) is 18.2. The second-order valence-corrected chi connectivity index (χ2v) is 11.4. The van der Waals surface area contributed by atoms with Gasteiger partial charge in [0.1, 0.15) is 0 Å². The van der Waals surface area contributed by atoms with Gasteiger partial charge in [0.15, 0.2) is 6.10 Å². The molecule has 0 aliphatic heterocycles. The van der Waals surface area contributed by atoms with E-state index in [2.05, 4.69) is 34.3 Å². The van der Waals surface area contributed by atoms with Crippen molar-refractivity contribution in [1.29, 1.82) is 0 Å². The van der Waals surface area contributed by atoms with Crippen molar-refractivity contribution in [3.8, 4) is 0 Å². The van der Waals surface area contributed by atoms with Crippen molar-refractivity contribution in [3.05, 3.63) is 12.7 Å². The predicted octanol–water partition coefficient (Wildman–Crippen LogP) is 8.36. The van der Waals surface area contributed by atoms with Gasteiger partial charge in [0, 0.05) is 6.08 Å².